The minimum Gasteiger partial charge on any atom is -0.461 e. The molecule has 0 aliphatic rings. The van der Waals surface area contributed by atoms with Gasteiger partial charge < -0.3 is 9.15 Å². The lowest BCUT2D eigenvalue weighted by Gasteiger charge is -2.05. The summed E-state index contributed by atoms with van der Waals surface area (Å²) >= 11 is 3.51. The molecule has 166 valence electrons. The van der Waals surface area contributed by atoms with Crippen LogP contribution in [0, 0.1) is 11.8 Å². The van der Waals surface area contributed by atoms with Gasteiger partial charge in [-0.2, -0.15) is 0 Å². The number of benzene rings is 1. The molecule has 0 saturated carbocycles. The number of allylic oxidation sites excluding steroid dienone is 1. The summed E-state index contributed by atoms with van der Waals surface area (Å²) in [5.74, 6) is 7.77. The van der Waals surface area contributed by atoms with Crippen LogP contribution in [0.15, 0.2) is 51.4 Å². The molecular formula is C27H33BrO3. The zero-order chi connectivity index (χ0) is 22.2. The molecule has 0 spiro atoms. The number of carbonyl (C=O) groups excluding carboxylic acids is 1. The summed E-state index contributed by atoms with van der Waals surface area (Å²) in [5, 5.41) is 0. The molecule has 0 fully saturated rings. The van der Waals surface area contributed by atoms with Crippen LogP contribution >= 0.6 is 15.9 Å². The van der Waals surface area contributed by atoms with Crippen molar-refractivity contribution >= 4 is 28.0 Å². The number of furan rings is 1. The minimum absolute atomic E-state index is 0.104. The van der Waals surface area contributed by atoms with Crippen LogP contribution in [0.25, 0.3) is 6.08 Å². The molecule has 0 bridgehead atoms. The van der Waals surface area contributed by atoms with Crippen molar-refractivity contribution in [3.05, 3.63) is 64.0 Å². The highest BCUT2D eigenvalue weighted by molar-refractivity contribution is 9.10. The maximum atomic E-state index is 11.8. The van der Waals surface area contributed by atoms with Gasteiger partial charge in [0.15, 0.2) is 5.76 Å². The second-order valence-corrected chi connectivity index (χ2v) is 8.44. The van der Waals surface area contributed by atoms with Crippen LogP contribution in [0.1, 0.15) is 88.2 Å². The smallest absolute Gasteiger partial charge is 0.306 e. The second-order valence-electron chi connectivity index (χ2n) is 7.59. The molecule has 0 unspecified atom stereocenters. The van der Waals surface area contributed by atoms with E-state index in [9.17, 15) is 4.79 Å². The molecule has 1 aromatic carbocycles. The number of unbranched alkanes of at least 4 members (excludes halogenated alkanes) is 7. The molecule has 4 heteroatoms. The van der Waals surface area contributed by atoms with Gasteiger partial charge in [-0.25, -0.2) is 0 Å². The van der Waals surface area contributed by atoms with Crippen molar-refractivity contribution in [3.8, 4) is 11.8 Å². The Morgan fingerprint density at radius 1 is 1.10 bits per heavy atom. The quantitative estimate of drug-likeness (QED) is 0.164. The normalized spacial score (nSPS) is 10.8. The van der Waals surface area contributed by atoms with E-state index in [1.165, 1.54) is 6.42 Å². The highest BCUT2D eigenvalue weighted by Crippen LogP contribution is 2.22. The van der Waals surface area contributed by atoms with Gasteiger partial charge in [0.05, 0.1) is 4.47 Å². The Morgan fingerprint density at radius 2 is 1.84 bits per heavy atom. The number of hydrogen-bond acceptors (Lipinski definition) is 3. The zero-order valence-electron chi connectivity index (χ0n) is 18.5. The zero-order valence-corrected chi connectivity index (χ0v) is 20.1. The summed E-state index contributed by atoms with van der Waals surface area (Å²) in [5.41, 5.74) is 1.03. The van der Waals surface area contributed by atoms with E-state index in [1.807, 2.05) is 42.5 Å². The number of ether oxygens (including phenoxy) is 1. The summed E-state index contributed by atoms with van der Waals surface area (Å²) in [6.07, 6.45) is 14.2. The topological polar surface area (TPSA) is 39.4 Å². The molecule has 31 heavy (non-hydrogen) atoms. The number of rotatable bonds is 13. The van der Waals surface area contributed by atoms with Crippen LogP contribution in [-0.4, -0.2) is 5.97 Å². The number of esters is 1. The molecule has 0 saturated heterocycles. The highest BCUT2D eigenvalue weighted by atomic mass is 79.9. The van der Waals surface area contributed by atoms with Gasteiger partial charge in [0.1, 0.15) is 12.4 Å². The first kappa shape index (κ1) is 25.0. The molecule has 2 rings (SSSR count). The van der Waals surface area contributed by atoms with E-state index in [1.54, 1.807) is 0 Å². The molecule has 0 aliphatic carbocycles. The van der Waals surface area contributed by atoms with E-state index in [2.05, 4.69) is 40.8 Å². The fourth-order valence-electron chi connectivity index (χ4n) is 3.06. The molecular weight excluding hydrogens is 452 g/mol. The summed E-state index contributed by atoms with van der Waals surface area (Å²) in [6, 6.07) is 11.8. The fourth-order valence-corrected chi connectivity index (χ4v) is 3.47. The first-order valence-electron chi connectivity index (χ1n) is 11.3. The first-order chi connectivity index (χ1) is 15.2. The SMILES string of the molecule is CCC/C=C/c1cc(Br)c(C#CCCCCCCCCC(=O)OCc2ccccc2)o1. The Morgan fingerprint density at radius 3 is 2.61 bits per heavy atom. The summed E-state index contributed by atoms with van der Waals surface area (Å²) in [6.45, 7) is 2.52. The predicted octanol–water partition coefficient (Wildman–Crippen LogP) is 8.07. The van der Waals surface area contributed by atoms with E-state index in [0.29, 0.717) is 18.8 Å². The third-order valence-electron chi connectivity index (χ3n) is 4.82. The fraction of sp³-hybridized carbons (Fsp3) is 0.444. The van der Waals surface area contributed by atoms with Crippen LogP contribution in [0.5, 0.6) is 0 Å². The monoisotopic (exact) mass is 484 g/mol. The van der Waals surface area contributed by atoms with Crippen LogP contribution in [0.2, 0.25) is 0 Å². The van der Waals surface area contributed by atoms with Crippen molar-refractivity contribution in [1.29, 1.82) is 0 Å². The third kappa shape index (κ3) is 11.1. The molecule has 1 aromatic heterocycles. The van der Waals surface area contributed by atoms with E-state index in [0.717, 1.165) is 67.2 Å². The molecule has 2 aromatic rings. The lowest BCUT2D eigenvalue weighted by atomic mass is 10.1. The minimum atomic E-state index is -0.104. The van der Waals surface area contributed by atoms with E-state index < -0.39 is 0 Å². The Balaban J connectivity index is 1.48. The van der Waals surface area contributed by atoms with Gasteiger partial charge in [0.25, 0.3) is 0 Å². The summed E-state index contributed by atoms with van der Waals surface area (Å²) in [4.78, 5) is 11.8. The van der Waals surface area contributed by atoms with Gasteiger partial charge >= 0.3 is 5.97 Å². The predicted molar refractivity (Wildman–Crippen MR) is 130 cm³/mol. The standard InChI is InChI=1S/C27H33BrO3/c1-2-3-11-18-24-21-25(28)26(31-24)19-14-8-6-4-5-7-9-15-20-27(29)30-22-23-16-12-10-13-17-23/h10-13,16-18,21H,2-9,15,20,22H2,1H3/b18-11+. The second kappa shape index (κ2) is 15.5. The van der Waals surface area contributed by atoms with Crippen LogP contribution in [-0.2, 0) is 16.1 Å². The summed E-state index contributed by atoms with van der Waals surface area (Å²) < 4.78 is 12.0. The van der Waals surface area contributed by atoms with Gasteiger partial charge in [-0.1, -0.05) is 81.4 Å². The first-order valence-corrected chi connectivity index (χ1v) is 12.1. The van der Waals surface area contributed by atoms with Crippen molar-refractivity contribution in [1.82, 2.24) is 0 Å². The van der Waals surface area contributed by atoms with E-state index in [4.69, 9.17) is 9.15 Å². The molecule has 0 aliphatic heterocycles. The molecule has 0 atom stereocenters. The van der Waals surface area contributed by atoms with Crippen molar-refractivity contribution in [2.45, 2.75) is 77.7 Å². The average molecular weight is 485 g/mol. The lowest BCUT2D eigenvalue weighted by Crippen LogP contribution is -2.04. The van der Waals surface area contributed by atoms with Gasteiger partial charge in [-0.15, -0.1) is 0 Å². The Kier molecular flexibility index (Phi) is 12.5. The van der Waals surface area contributed by atoms with Gasteiger partial charge in [0.2, 0.25) is 0 Å². The maximum Gasteiger partial charge on any atom is 0.306 e. The van der Waals surface area contributed by atoms with Crippen LogP contribution < -0.4 is 0 Å². The Hall–Kier alpha value is -2.25. The van der Waals surface area contributed by atoms with Crippen molar-refractivity contribution in [2.75, 3.05) is 0 Å². The van der Waals surface area contributed by atoms with E-state index >= 15 is 0 Å². The number of hydrogen-bond donors (Lipinski definition) is 0. The maximum absolute atomic E-state index is 11.8. The third-order valence-corrected chi connectivity index (χ3v) is 5.41. The molecule has 0 radical (unpaired) electrons. The Bertz CT molecular complexity index is 856. The molecule has 0 amide bonds. The van der Waals surface area contributed by atoms with Gasteiger partial charge in [-0.3, -0.25) is 4.79 Å². The number of halogens is 1. The van der Waals surface area contributed by atoms with Gasteiger partial charge in [0, 0.05) is 12.8 Å². The molecule has 0 N–H and O–H groups in total. The van der Waals surface area contributed by atoms with Crippen LogP contribution in [0.4, 0.5) is 0 Å². The largest absolute Gasteiger partial charge is 0.461 e. The van der Waals surface area contributed by atoms with Gasteiger partial charge in [-0.05, 0) is 58.8 Å². The van der Waals surface area contributed by atoms with Crippen LogP contribution in [0.3, 0.4) is 0 Å². The lowest BCUT2D eigenvalue weighted by molar-refractivity contribution is -0.145. The average Bonchev–Trinajstić information content (AvgIpc) is 3.13. The number of carbonyl (C=O) groups is 1. The van der Waals surface area contributed by atoms with Crippen molar-refractivity contribution < 1.29 is 13.9 Å². The summed E-state index contributed by atoms with van der Waals surface area (Å²) in [7, 11) is 0. The van der Waals surface area contributed by atoms with Crippen molar-refractivity contribution in [3.63, 3.8) is 0 Å². The molecule has 3 nitrogen and oxygen atoms in total. The van der Waals surface area contributed by atoms with Crippen molar-refractivity contribution in [2.24, 2.45) is 0 Å². The van der Waals surface area contributed by atoms with E-state index in [-0.39, 0.29) is 5.97 Å². The highest BCUT2D eigenvalue weighted by Gasteiger charge is 2.04. The Labute approximate surface area is 195 Å². The molecule has 1 heterocycles.